The van der Waals surface area contributed by atoms with Gasteiger partial charge in [-0.05, 0) is 86.1 Å². The highest BCUT2D eigenvalue weighted by atomic mass is 19.1. The van der Waals surface area contributed by atoms with Crippen LogP contribution in [0.1, 0.15) is 48.3 Å². The minimum Gasteiger partial charge on any atom is -0.361 e. The predicted octanol–water partition coefficient (Wildman–Crippen LogP) is 4.85. The van der Waals surface area contributed by atoms with Crippen LogP contribution in [-0.2, 0) is 17.8 Å². The van der Waals surface area contributed by atoms with Crippen LogP contribution in [0.25, 0.3) is 10.9 Å². The normalized spacial score (nSPS) is 17.8. The molecule has 5 rings (SSSR count). The van der Waals surface area contributed by atoms with Crippen molar-refractivity contribution in [3.05, 3.63) is 71.2 Å². The molecule has 1 amide bonds. The number of fused-ring (bicyclic) bond motifs is 2. The van der Waals surface area contributed by atoms with E-state index in [9.17, 15) is 9.18 Å². The fraction of sp³-hybridized carbons (Fsp3) is 0.423. The number of hydrogen-bond acceptors (Lipinski definition) is 2. The maximum atomic E-state index is 13.7. The van der Waals surface area contributed by atoms with E-state index in [4.69, 9.17) is 0 Å². The van der Waals surface area contributed by atoms with E-state index >= 15 is 0 Å². The van der Waals surface area contributed by atoms with Crippen molar-refractivity contribution in [1.82, 2.24) is 14.8 Å². The van der Waals surface area contributed by atoms with Gasteiger partial charge in [0.05, 0.1) is 0 Å². The Hall–Kier alpha value is -2.66. The molecule has 2 aromatic carbocycles. The average Bonchev–Trinajstić information content (AvgIpc) is 3.22. The second kappa shape index (κ2) is 8.83. The van der Waals surface area contributed by atoms with Crippen LogP contribution in [-0.4, -0.2) is 46.9 Å². The van der Waals surface area contributed by atoms with Crippen molar-refractivity contribution in [2.24, 2.45) is 0 Å². The SMILES string of the molecule is O=C(CCCN1CCC(c2c[nH]c3ccc(F)cc23)CC1)N1CCc2ccccc2C1. The number of halogens is 1. The third kappa shape index (κ3) is 4.38. The molecule has 0 bridgehead atoms. The first kappa shape index (κ1) is 20.3. The molecule has 0 radical (unpaired) electrons. The van der Waals surface area contributed by atoms with E-state index in [1.807, 2.05) is 11.0 Å². The monoisotopic (exact) mass is 419 g/mol. The first-order chi connectivity index (χ1) is 15.2. The summed E-state index contributed by atoms with van der Waals surface area (Å²) in [7, 11) is 0. The van der Waals surface area contributed by atoms with Gasteiger partial charge < -0.3 is 14.8 Å². The molecule has 3 heterocycles. The van der Waals surface area contributed by atoms with E-state index in [1.54, 1.807) is 6.07 Å². The number of rotatable bonds is 5. The third-order valence-electron chi connectivity index (χ3n) is 7.05. The Labute approximate surface area is 183 Å². The minimum absolute atomic E-state index is 0.173. The van der Waals surface area contributed by atoms with E-state index in [2.05, 4.69) is 40.3 Å². The van der Waals surface area contributed by atoms with Crippen molar-refractivity contribution >= 4 is 16.8 Å². The summed E-state index contributed by atoms with van der Waals surface area (Å²) in [6, 6.07) is 13.4. The maximum Gasteiger partial charge on any atom is 0.222 e. The molecule has 162 valence electrons. The number of nitrogens with one attached hydrogen (secondary N) is 1. The first-order valence-electron chi connectivity index (χ1n) is 11.5. The quantitative estimate of drug-likeness (QED) is 0.642. The minimum atomic E-state index is -0.173. The number of carbonyl (C=O) groups excluding carboxylic acids is 1. The van der Waals surface area contributed by atoms with E-state index in [1.165, 1.54) is 22.8 Å². The van der Waals surface area contributed by atoms with Crippen molar-refractivity contribution in [3.63, 3.8) is 0 Å². The Morgan fingerprint density at radius 2 is 1.87 bits per heavy atom. The highest BCUT2D eigenvalue weighted by Crippen LogP contribution is 2.33. The summed E-state index contributed by atoms with van der Waals surface area (Å²) in [6.07, 6.45) is 6.73. The van der Waals surface area contributed by atoms with Crippen molar-refractivity contribution in [2.45, 2.75) is 44.6 Å². The van der Waals surface area contributed by atoms with Gasteiger partial charge in [0.1, 0.15) is 5.82 Å². The van der Waals surface area contributed by atoms with E-state index in [0.717, 1.165) is 69.3 Å². The number of carbonyl (C=O) groups is 1. The van der Waals surface area contributed by atoms with Crippen molar-refractivity contribution < 1.29 is 9.18 Å². The van der Waals surface area contributed by atoms with Gasteiger partial charge in [-0.1, -0.05) is 24.3 Å². The van der Waals surface area contributed by atoms with Crippen LogP contribution >= 0.6 is 0 Å². The summed E-state index contributed by atoms with van der Waals surface area (Å²) in [5, 5.41) is 1.02. The molecule has 1 N–H and O–H groups in total. The smallest absolute Gasteiger partial charge is 0.222 e. The van der Waals surface area contributed by atoms with Crippen LogP contribution in [0.2, 0.25) is 0 Å². The predicted molar refractivity (Wildman–Crippen MR) is 121 cm³/mol. The van der Waals surface area contributed by atoms with Gasteiger partial charge in [0, 0.05) is 36.6 Å². The van der Waals surface area contributed by atoms with Crippen LogP contribution in [0.5, 0.6) is 0 Å². The van der Waals surface area contributed by atoms with Crippen molar-refractivity contribution in [3.8, 4) is 0 Å². The summed E-state index contributed by atoms with van der Waals surface area (Å²) in [5.41, 5.74) is 4.93. The molecule has 1 aromatic heterocycles. The molecule has 3 aromatic rings. The Morgan fingerprint density at radius 3 is 2.71 bits per heavy atom. The number of amides is 1. The van der Waals surface area contributed by atoms with Crippen LogP contribution < -0.4 is 0 Å². The highest BCUT2D eigenvalue weighted by molar-refractivity contribution is 5.83. The number of aromatic nitrogens is 1. The molecular formula is C26H30FN3O. The molecule has 2 aliphatic rings. The summed E-state index contributed by atoms with van der Waals surface area (Å²) >= 11 is 0. The fourth-order valence-corrected chi connectivity index (χ4v) is 5.24. The van der Waals surface area contributed by atoms with E-state index in [0.29, 0.717) is 12.3 Å². The van der Waals surface area contributed by atoms with Crippen LogP contribution in [0.15, 0.2) is 48.7 Å². The molecule has 31 heavy (non-hydrogen) atoms. The van der Waals surface area contributed by atoms with E-state index < -0.39 is 0 Å². The number of aromatic amines is 1. The van der Waals surface area contributed by atoms with Gasteiger partial charge in [0.15, 0.2) is 0 Å². The Kier molecular flexibility index (Phi) is 5.77. The lowest BCUT2D eigenvalue weighted by Gasteiger charge is -2.32. The lowest BCUT2D eigenvalue weighted by molar-refractivity contribution is -0.132. The van der Waals surface area contributed by atoms with Crippen molar-refractivity contribution in [1.29, 1.82) is 0 Å². The molecule has 0 unspecified atom stereocenters. The molecule has 0 atom stereocenters. The number of H-pyrrole nitrogens is 1. The van der Waals surface area contributed by atoms with Crippen LogP contribution in [0.3, 0.4) is 0 Å². The second-order valence-electron chi connectivity index (χ2n) is 8.99. The van der Waals surface area contributed by atoms with Gasteiger partial charge in [-0.3, -0.25) is 4.79 Å². The molecule has 5 heteroatoms. The molecule has 4 nitrogen and oxygen atoms in total. The zero-order valence-corrected chi connectivity index (χ0v) is 17.9. The fourth-order valence-electron chi connectivity index (χ4n) is 5.24. The Balaban J connectivity index is 1.08. The zero-order chi connectivity index (χ0) is 21.2. The summed E-state index contributed by atoms with van der Waals surface area (Å²) in [4.78, 5) is 20.5. The summed E-state index contributed by atoms with van der Waals surface area (Å²) < 4.78 is 13.7. The third-order valence-corrected chi connectivity index (χ3v) is 7.05. The molecule has 0 spiro atoms. The number of nitrogens with zero attached hydrogens (tertiary/aromatic N) is 2. The van der Waals surface area contributed by atoms with Gasteiger partial charge in [-0.25, -0.2) is 4.39 Å². The summed E-state index contributed by atoms with van der Waals surface area (Å²) in [5.74, 6) is 0.583. The maximum absolute atomic E-state index is 13.7. The van der Waals surface area contributed by atoms with Gasteiger partial charge in [0.2, 0.25) is 5.91 Å². The van der Waals surface area contributed by atoms with Gasteiger partial charge in [-0.2, -0.15) is 0 Å². The number of piperidine rings is 1. The largest absolute Gasteiger partial charge is 0.361 e. The average molecular weight is 420 g/mol. The van der Waals surface area contributed by atoms with Crippen LogP contribution in [0.4, 0.5) is 4.39 Å². The highest BCUT2D eigenvalue weighted by Gasteiger charge is 2.24. The number of benzene rings is 2. The first-order valence-corrected chi connectivity index (χ1v) is 11.5. The molecule has 1 fully saturated rings. The van der Waals surface area contributed by atoms with Gasteiger partial charge in [-0.15, -0.1) is 0 Å². The van der Waals surface area contributed by atoms with Crippen molar-refractivity contribution in [2.75, 3.05) is 26.2 Å². The Bertz CT molecular complexity index is 1070. The Morgan fingerprint density at radius 1 is 1.06 bits per heavy atom. The topological polar surface area (TPSA) is 39.3 Å². The van der Waals surface area contributed by atoms with Gasteiger partial charge >= 0.3 is 0 Å². The molecule has 0 aliphatic carbocycles. The molecule has 0 saturated carbocycles. The summed E-state index contributed by atoms with van der Waals surface area (Å²) in [6.45, 7) is 4.65. The molecule has 1 saturated heterocycles. The van der Waals surface area contributed by atoms with Crippen LogP contribution in [0, 0.1) is 5.82 Å². The lowest BCUT2D eigenvalue weighted by Crippen LogP contribution is -2.37. The van der Waals surface area contributed by atoms with E-state index in [-0.39, 0.29) is 11.7 Å². The van der Waals surface area contributed by atoms with Gasteiger partial charge in [0.25, 0.3) is 0 Å². The molecule has 2 aliphatic heterocycles. The number of likely N-dealkylation sites (tertiary alicyclic amines) is 1. The lowest BCUT2D eigenvalue weighted by atomic mass is 9.89. The number of hydrogen-bond donors (Lipinski definition) is 1. The standard InChI is InChI=1S/C26H30FN3O/c27-22-7-8-25-23(16-22)24(17-28-25)20-9-13-29(14-10-20)12-3-6-26(31)30-15-11-19-4-1-2-5-21(19)18-30/h1-2,4-5,7-8,16-17,20,28H,3,6,9-15,18H2. The zero-order valence-electron chi connectivity index (χ0n) is 17.9. The second-order valence-corrected chi connectivity index (χ2v) is 8.99. The molecular weight excluding hydrogens is 389 g/mol.